The van der Waals surface area contributed by atoms with E-state index in [0.29, 0.717) is 10.6 Å². The van der Waals surface area contributed by atoms with Crippen LogP contribution in [-0.4, -0.2) is 27.7 Å². The zero-order chi connectivity index (χ0) is 17.1. The SMILES string of the molecule is COc1ccc(-c2csc([C@H](C#N)C(=O)c3cnn(C)c3)n2)cc1. The fourth-order valence-corrected chi connectivity index (χ4v) is 3.12. The number of rotatable bonds is 5. The van der Waals surface area contributed by atoms with Crippen molar-refractivity contribution in [3.05, 3.63) is 52.6 Å². The second-order valence-electron chi connectivity index (χ2n) is 5.13. The molecule has 0 aliphatic carbocycles. The van der Waals surface area contributed by atoms with Crippen LogP contribution in [0.1, 0.15) is 21.3 Å². The minimum absolute atomic E-state index is 0.291. The van der Waals surface area contributed by atoms with Crippen molar-refractivity contribution in [1.29, 1.82) is 5.26 Å². The van der Waals surface area contributed by atoms with Crippen molar-refractivity contribution in [2.75, 3.05) is 7.11 Å². The molecule has 0 N–H and O–H groups in total. The smallest absolute Gasteiger partial charge is 0.190 e. The van der Waals surface area contributed by atoms with Gasteiger partial charge in [-0.05, 0) is 24.3 Å². The Morgan fingerprint density at radius 2 is 2.12 bits per heavy atom. The lowest BCUT2D eigenvalue weighted by atomic mass is 10.0. The average molecular weight is 338 g/mol. The number of thiazole rings is 1. The Morgan fingerprint density at radius 1 is 1.38 bits per heavy atom. The molecule has 0 spiro atoms. The zero-order valence-corrected chi connectivity index (χ0v) is 13.9. The minimum atomic E-state index is -0.925. The first-order valence-electron chi connectivity index (χ1n) is 7.14. The summed E-state index contributed by atoms with van der Waals surface area (Å²) in [5, 5.41) is 15.7. The Balaban J connectivity index is 1.87. The Kier molecular flexibility index (Phi) is 4.40. The average Bonchev–Trinajstić information content (AvgIpc) is 3.25. The van der Waals surface area contributed by atoms with Gasteiger partial charge in [0.2, 0.25) is 0 Å². The molecule has 2 aromatic heterocycles. The Labute approximate surface area is 143 Å². The van der Waals surface area contributed by atoms with E-state index in [-0.39, 0.29) is 5.78 Å². The van der Waals surface area contributed by atoms with E-state index in [9.17, 15) is 10.1 Å². The zero-order valence-electron chi connectivity index (χ0n) is 13.1. The number of aromatic nitrogens is 3. The summed E-state index contributed by atoms with van der Waals surface area (Å²) in [4.78, 5) is 17.0. The highest BCUT2D eigenvalue weighted by Gasteiger charge is 2.26. The van der Waals surface area contributed by atoms with Gasteiger partial charge in [-0.25, -0.2) is 4.98 Å². The van der Waals surface area contributed by atoms with E-state index in [0.717, 1.165) is 17.0 Å². The van der Waals surface area contributed by atoms with Crippen molar-refractivity contribution in [3.8, 4) is 23.1 Å². The normalized spacial score (nSPS) is 11.7. The molecule has 1 atom stereocenters. The van der Waals surface area contributed by atoms with Crippen molar-refractivity contribution >= 4 is 17.1 Å². The van der Waals surface area contributed by atoms with Gasteiger partial charge in [-0.15, -0.1) is 11.3 Å². The number of hydrogen-bond acceptors (Lipinski definition) is 6. The molecule has 2 heterocycles. The highest BCUT2D eigenvalue weighted by atomic mass is 32.1. The minimum Gasteiger partial charge on any atom is -0.497 e. The predicted octanol–water partition coefficient (Wildman–Crippen LogP) is 3.04. The van der Waals surface area contributed by atoms with Crippen LogP contribution in [0.15, 0.2) is 42.0 Å². The molecule has 24 heavy (non-hydrogen) atoms. The standard InChI is InChI=1S/C17H14N4O2S/c1-21-9-12(8-19-21)16(22)14(7-18)17-20-15(10-24-17)11-3-5-13(23-2)6-4-11/h3-6,8-10,14H,1-2H3/t14-/m1/s1. The third kappa shape index (κ3) is 3.05. The number of nitrogens with zero attached hydrogens (tertiary/aromatic N) is 4. The summed E-state index contributed by atoms with van der Waals surface area (Å²) < 4.78 is 6.67. The summed E-state index contributed by atoms with van der Waals surface area (Å²) in [5.41, 5.74) is 2.05. The molecule has 3 rings (SSSR count). The van der Waals surface area contributed by atoms with Crippen molar-refractivity contribution in [1.82, 2.24) is 14.8 Å². The van der Waals surface area contributed by atoms with Gasteiger partial charge < -0.3 is 4.74 Å². The lowest BCUT2D eigenvalue weighted by Gasteiger charge is -2.03. The van der Waals surface area contributed by atoms with Crippen LogP contribution in [0.25, 0.3) is 11.3 Å². The van der Waals surface area contributed by atoms with E-state index in [1.807, 2.05) is 29.6 Å². The van der Waals surface area contributed by atoms with Crippen LogP contribution in [0.4, 0.5) is 0 Å². The quantitative estimate of drug-likeness (QED) is 0.668. The van der Waals surface area contributed by atoms with Crippen molar-refractivity contribution < 1.29 is 9.53 Å². The third-order valence-electron chi connectivity index (χ3n) is 3.54. The highest BCUT2D eigenvalue weighted by Crippen LogP contribution is 2.29. The van der Waals surface area contributed by atoms with Gasteiger partial charge in [0.1, 0.15) is 10.8 Å². The molecule has 0 saturated heterocycles. The van der Waals surface area contributed by atoms with Gasteiger partial charge >= 0.3 is 0 Å². The largest absolute Gasteiger partial charge is 0.497 e. The van der Waals surface area contributed by atoms with E-state index in [1.54, 1.807) is 20.4 Å². The molecule has 0 aliphatic rings. The number of nitriles is 1. The van der Waals surface area contributed by atoms with E-state index in [2.05, 4.69) is 16.2 Å². The van der Waals surface area contributed by atoms with Crippen molar-refractivity contribution in [2.45, 2.75) is 5.92 Å². The summed E-state index contributed by atoms with van der Waals surface area (Å²) in [6.07, 6.45) is 3.06. The molecule has 0 fully saturated rings. The van der Waals surface area contributed by atoms with Gasteiger partial charge in [-0.1, -0.05) is 0 Å². The van der Waals surface area contributed by atoms with Gasteiger partial charge in [-0.2, -0.15) is 10.4 Å². The number of carbonyl (C=O) groups is 1. The van der Waals surface area contributed by atoms with E-state index in [1.165, 1.54) is 22.2 Å². The van der Waals surface area contributed by atoms with E-state index < -0.39 is 5.92 Å². The van der Waals surface area contributed by atoms with Crippen molar-refractivity contribution in [2.24, 2.45) is 7.05 Å². The molecule has 0 bridgehead atoms. The molecule has 0 amide bonds. The summed E-state index contributed by atoms with van der Waals surface area (Å²) in [6.45, 7) is 0. The number of methoxy groups -OCH3 is 1. The molecule has 0 unspecified atom stereocenters. The topological polar surface area (TPSA) is 80.8 Å². The van der Waals surface area contributed by atoms with Gasteiger partial charge in [0.25, 0.3) is 0 Å². The Bertz CT molecular complexity index is 905. The van der Waals surface area contributed by atoms with Crippen molar-refractivity contribution in [3.63, 3.8) is 0 Å². The molecule has 0 saturated carbocycles. The number of hydrogen-bond donors (Lipinski definition) is 0. The lowest BCUT2D eigenvalue weighted by Crippen LogP contribution is -2.10. The van der Waals surface area contributed by atoms with Crippen LogP contribution in [-0.2, 0) is 7.05 Å². The molecular weight excluding hydrogens is 324 g/mol. The van der Waals surface area contributed by atoms with Crippen LogP contribution in [0.5, 0.6) is 5.75 Å². The first-order chi connectivity index (χ1) is 11.6. The van der Waals surface area contributed by atoms with Crippen LogP contribution in [0.2, 0.25) is 0 Å². The molecule has 1 aromatic carbocycles. The number of aryl methyl sites for hydroxylation is 1. The maximum Gasteiger partial charge on any atom is 0.190 e. The first-order valence-corrected chi connectivity index (χ1v) is 8.02. The van der Waals surface area contributed by atoms with Gasteiger partial charge in [0, 0.05) is 24.2 Å². The van der Waals surface area contributed by atoms with Crippen LogP contribution in [0, 0.1) is 11.3 Å². The monoisotopic (exact) mass is 338 g/mol. The van der Waals surface area contributed by atoms with E-state index in [4.69, 9.17) is 4.74 Å². The summed E-state index contributed by atoms with van der Waals surface area (Å²) in [5.74, 6) is -0.455. The van der Waals surface area contributed by atoms with E-state index >= 15 is 0 Å². The molecule has 6 nitrogen and oxygen atoms in total. The molecule has 120 valence electrons. The third-order valence-corrected chi connectivity index (χ3v) is 4.44. The van der Waals surface area contributed by atoms with Crippen LogP contribution in [0.3, 0.4) is 0 Å². The predicted molar refractivity (Wildman–Crippen MR) is 90.0 cm³/mol. The van der Waals surface area contributed by atoms with Crippen LogP contribution < -0.4 is 4.74 Å². The van der Waals surface area contributed by atoms with Gasteiger partial charge in [-0.3, -0.25) is 9.48 Å². The number of ether oxygens (including phenoxy) is 1. The maximum absolute atomic E-state index is 12.5. The maximum atomic E-state index is 12.5. The Morgan fingerprint density at radius 3 is 2.71 bits per heavy atom. The lowest BCUT2D eigenvalue weighted by molar-refractivity contribution is 0.0978. The summed E-state index contributed by atoms with van der Waals surface area (Å²) in [7, 11) is 3.33. The first kappa shape index (κ1) is 15.9. The second kappa shape index (κ2) is 6.64. The summed E-state index contributed by atoms with van der Waals surface area (Å²) in [6, 6.07) is 9.52. The Hall–Kier alpha value is -2.98. The number of benzene rings is 1. The van der Waals surface area contributed by atoms with Gasteiger partial charge in [0.15, 0.2) is 11.7 Å². The molecule has 3 aromatic rings. The van der Waals surface area contributed by atoms with Gasteiger partial charge in [0.05, 0.1) is 30.6 Å². The van der Waals surface area contributed by atoms with Crippen LogP contribution >= 0.6 is 11.3 Å². The molecule has 0 aliphatic heterocycles. The molecular formula is C17H14N4O2S. The highest BCUT2D eigenvalue weighted by molar-refractivity contribution is 7.10. The number of ketones is 1. The molecule has 7 heteroatoms. The summed E-state index contributed by atoms with van der Waals surface area (Å²) >= 11 is 1.30. The number of Topliss-reactive ketones (excluding diaryl/α,β-unsaturated/α-hetero) is 1. The fraction of sp³-hybridized carbons (Fsp3) is 0.176. The number of carbonyl (C=O) groups excluding carboxylic acids is 1. The fourth-order valence-electron chi connectivity index (χ4n) is 2.26. The second-order valence-corrected chi connectivity index (χ2v) is 6.02. The molecule has 0 radical (unpaired) electrons.